The fraction of sp³-hybridized carbons (Fsp3) is 0.214. The van der Waals surface area contributed by atoms with Crippen molar-refractivity contribution in [3.63, 3.8) is 0 Å². The second kappa shape index (κ2) is 6.06. The summed E-state index contributed by atoms with van der Waals surface area (Å²) < 4.78 is 4.99. The lowest BCUT2D eigenvalue weighted by Gasteiger charge is -2.11. The predicted molar refractivity (Wildman–Crippen MR) is 72.1 cm³/mol. The van der Waals surface area contributed by atoms with Crippen LogP contribution >= 0.6 is 0 Å². The molecule has 19 heavy (non-hydrogen) atoms. The molecule has 1 aromatic carbocycles. The van der Waals surface area contributed by atoms with E-state index < -0.39 is 0 Å². The molecule has 5 heteroatoms. The van der Waals surface area contributed by atoms with Crippen molar-refractivity contribution in [2.24, 2.45) is 0 Å². The van der Waals surface area contributed by atoms with E-state index in [1.807, 2.05) is 6.07 Å². The minimum absolute atomic E-state index is 0.0429. The number of aliphatic hydroxyl groups is 1. The van der Waals surface area contributed by atoms with Crippen LogP contribution in [0.2, 0.25) is 0 Å². The van der Waals surface area contributed by atoms with Crippen LogP contribution in [0, 0.1) is 0 Å². The quantitative estimate of drug-likeness (QED) is 0.765. The van der Waals surface area contributed by atoms with Crippen LogP contribution in [0.25, 0.3) is 0 Å². The molecule has 1 aromatic heterocycles. The molecule has 2 rings (SSSR count). The van der Waals surface area contributed by atoms with Gasteiger partial charge in [0.2, 0.25) is 0 Å². The molecule has 0 aliphatic heterocycles. The molecule has 0 aliphatic rings. The summed E-state index contributed by atoms with van der Waals surface area (Å²) in [7, 11) is 1.51. The number of anilines is 1. The Kier molecular flexibility index (Phi) is 4.20. The maximum Gasteiger partial charge on any atom is 0.160 e. The molecule has 0 radical (unpaired) electrons. The summed E-state index contributed by atoms with van der Waals surface area (Å²) in [4.78, 5) is 4.01. The van der Waals surface area contributed by atoms with Crippen LogP contribution in [0.4, 0.5) is 5.69 Å². The molecule has 100 valence electrons. The van der Waals surface area contributed by atoms with Crippen LogP contribution in [-0.2, 0) is 13.2 Å². The van der Waals surface area contributed by atoms with Crippen molar-refractivity contribution in [3.8, 4) is 11.5 Å². The number of nitrogens with zero attached hydrogens (tertiary/aromatic N) is 1. The fourth-order valence-corrected chi connectivity index (χ4v) is 1.76. The Morgan fingerprint density at radius 1 is 1.32 bits per heavy atom. The summed E-state index contributed by atoms with van der Waals surface area (Å²) in [6.07, 6.45) is 3.30. The summed E-state index contributed by atoms with van der Waals surface area (Å²) in [5.41, 5.74) is 2.47. The van der Waals surface area contributed by atoms with Crippen molar-refractivity contribution in [1.82, 2.24) is 4.98 Å². The van der Waals surface area contributed by atoms with Gasteiger partial charge in [0.15, 0.2) is 11.5 Å². The van der Waals surface area contributed by atoms with Crippen molar-refractivity contribution in [2.75, 3.05) is 12.4 Å². The van der Waals surface area contributed by atoms with Crippen molar-refractivity contribution in [2.45, 2.75) is 13.2 Å². The number of pyridine rings is 1. The molecule has 2 aromatic rings. The number of phenolic OH excluding ortho intramolecular Hbond substituents is 1. The van der Waals surface area contributed by atoms with Crippen molar-refractivity contribution < 1.29 is 14.9 Å². The minimum atomic E-state index is -0.0429. The molecule has 0 saturated heterocycles. The molecule has 1 heterocycles. The Morgan fingerprint density at radius 2 is 2.16 bits per heavy atom. The molecule has 0 saturated carbocycles. The van der Waals surface area contributed by atoms with E-state index in [1.165, 1.54) is 7.11 Å². The third-order valence-electron chi connectivity index (χ3n) is 2.81. The average Bonchev–Trinajstić information content (AvgIpc) is 2.45. The molecule has 3 N–H and O–H groups in total. The highest BCUT2D eigenvalue weighted by atomic mass is 16.5. The number of phenols is 1. The smallest absolute Gasteiger partial charge is 0.160 e. The largest absolute Gasteiger partial charge is 0.504 e. The van der Waals surface area contributed by atoms with Crippen molar-refractivity contribution in [1.29, 1.82) is 0 Å². The van der Waals surface area contributed by atoms with Gasteiger partial charge < -0.3 is 20.3 Å². The average molecular weight is 260 g/mol. The number of aromatic hydroxyl groups is 1. The summed E-state index contributed by atoms with van der Waals surface area (Å²) in [6, 6.07) is 6.97. The number of benzene rings is 1. The molecule has 0 bridgehead atoms. The monoisotopic (exact) mass is 260 g/mol. The van der Waals surface area contributed by atoms with E-state index in [2.05, 4.69) is 10.3 Å². The van der Waals surface area contributed by atoms with Gasteiger partial charge >= 0.3 is 0 Å². The summed E-state index contributed by atoms with van der Waals surface area (Å²) >= 11 is 0. The van der Waals surface area contributed by atoms with Gasteiger partial charge in [0.25, 0.3) is 0 Å². The first-order valence-corrected chi connectivity index (χ1v) is 5.88. The second-order valence-corrected chi connectivity index (χ2v) is 4.05. The highest BCUT2D eigenvalue weighted by molar-refractivity contribution is 5.50. The highest BCUT2D eigenvalue weighted by Crippen LogP contribution is 2.26. The van der Waals surface area contributed by atoms with Crippen LogP contribution in [0.1, 0.15) is 11.1 Å². The van der Waals surface area contributed by atoms with Crippen LogP contribution in [0.15, 0.2) is 36.7 Å². The molecule has 0 fully saturated rings. The SMILES string of the molecule is COc1ccc(CNc2cnccc2CO)cc1O. The Morgan fingerprint density at radius 3 is 2.84 bits per heavy atom. The van der Waals surface area contributed by atoms with Gasteiger partial charge in [-0.25, -0.2) is 0 Å². The summed E-state index contributed by atoms with van der Waals surface area (Å²) in [5, 5.41) is 22.1. The zero-order chi connectivity index (χ0) is 13.7. The molecule has 0 unspecified atom stereocenters. The van der Waals surface area contributed by atoms with E-state index in [0.29, 0.717) is 12.3 Å². The molecular weight excluding hydrogens is 244 g/mol. The van der Waals surface area contributed by atoms with Gasteiger partial charge in [-0.1, -0.05) is 6.07 Å². The predicted octanol–water partition coefficient (Wildman–Crippen LogP) is 1.90. The van der Waals surface area contributed by atoms with E-state index in [9.17, 15) is 10.2 Å². The number of rotatable bonds is 5. The number of hydrogen-bond donors (Lipinski definition) is 3. The van der Waals surface area contributed by atoms with Crippen molar-refractivity contribution >= 4 is 5.69 Å². The maximum atomic E-state index is 9.68. The van der Waals surface area contributed by atoms with Crippen LogP contribution < -0.4 is 10.1 Å². The van der Waals surface area contributed by atoms with Crippen molar-refractivity contribution in [3.05, 3.63) is 47.8 Å². The van der Waals surface area contributed by atoms with E-state index in [-0.39, 0.29) is 12.4 Å². The maximum absolute atomic E-state index is 9.68. The lowest BCUT2D eigenvalue weighted by Crippen LogP contribution is -2.03. The molecule has 5 nitrogen and oxygen atoms in total. The van der Waals surface area contributed by atoms with E-state index in [0.717, 1.165) is 16.8 Å². The number of ether oxygens (including phenoxy) is 1. The third kappa shape index (κ3) is 3.14. The van der Waals surface area contributed by atoms with E-state index in [1.54, 1.807) is 30.6 Å². The standard InChI is InChI=1S/C14H16N2O3/c1-19-14-3-2-10(6-13(14)18)7-16-12-8-15-5-4-11(12)9-17/h2-6,8,16-18H,7,9H2,1H3. The Bertz CT molecular complexity index is 558. The Hall–Kier alpha value is -2.27. The van der Waals surface area contributed by atoms with Gasteiger partial charge in [0.1, 0.15) is 0 Å². The summed E-state index contributed by atoms with van der Waals surface area (Å²) in [5.74, 6) is 0.552. The Balaban J connectivity index is 2.08. The third-order valence-corrected chi connectivity index (χ3v) is 2.81. The van der Waals surface area contributed by atoms with Gasteiger partial charge in [0, 0.05) is 18.3 Å². The first-order chi connectivity index (χ1) is 9.24. The van der Waals surface area contributed by atoms with Crippen LogP contribution in [-0.4, -0.2) is 22.3 Å². The first-order valence-electron chi connectivity index (χ1n) is 5.88. The lowest BCUT2D eigenvalue weighted by atomic mass is 10.2. The van der Waals surface area contributed by atoms with E-state index >= 15 is 0 Å². The highest BCUT2D eigenvalue weighted by Gasteiger charge is 2.04. The summed E-state index contributed by atoms with van der Waals surface area (Å²) in [6.45, 7) is 0.481. The van der Waals surface area contributed by atoms with Gasteiger partial charge in [0.05, 0.1) is 25.6 Å². The number of methoxy groups -OCH3 is 1. The van der Waals surface area contributed by atoms with E-state index in [4.69, 9.17) is 4.74 Å². The molecule has 0 aliphatic carbocycles. The fourth-order valence-electron chi connectivity index (χ4n) is 1.76. The van der Waals surface area contributed by atoms with Crippen LogP contribution in [0.5, 0.6) is 11.5 Å². The lowest BCUT2D eigenvalue weighted by molar-refractivity contribution is 0.282. The number of aliphatic hydroxyl groups excluding tert-OH is 1. The zero-order valence-electron chi connectivity index (χ0n) is 10.6. The minimum Gasteiger partial charge on any atom is -0.504 e. The number of hydrogen-bond acceptors (Lipinski definition) is 5. The molecule has 0 atom stereocenters. The van der Waals surface area contributed by atoms with Gasteiger partial charge in [-0.2, -0.15) is 0 Å². The van der Waals surface area contributed by atoms with Gasteiger partial charge in [-0.15, -0.1) is 0 Å². The number of nitrogens with one attached hydrogen (secondary N) is 1. The first kappa shape index (κ1) is 13.2. The van der Waals surface area contributed by atoms with Gasteiger partial charge in [-0.3, -0.25) is 4.98 Å². The molecular formula is C14H16N2O3. The zero-order valence-corrected chi connectivity index (χ0v) is 10.6. The normalized spacial score (nSPS) is 10.2. The molecule has 0 spiro atoms. The van der Waals surface area contributed by atoms with Gasteiger partial charge in [-0.05, 0) is 23.8 Å². The Labute approximate surface area is 111 Å². The topological polar surface area (TPSA) is 74.6 Å². The van der Waals surface area contributed by atoms with Crippen LogP contribution in [0.3, 0.4) is 0 Å². The second-order valence-electron chi connectivity index (χ2n) is 4.05. The number of aromatic nitrogens is 1. The molecule has 0 amide bonds.